The molecule has 0 bridgehead atoms. The Labute approximate surface area is 220 Å². The van der Waals surface area contributed by atoms with E-state index in [0.717, 1.165) is 64.1 Å². The summed E-state index contributed by atoms with van der Waals surface area (Å²) in [7, 11) is 3.61. The van der Waals surface area contributed by atoms with Crippen molar-refractivity contribution in [3.05, 3.63) is 83.4 Å². The normalized spacial score (nSPS) is 14.5. The lowest BCUT2D eigenvalue weighted by Gasteiger charge is -2.31. The van der Waals surface area contributed by atoms with Crippen LogP contribution in [-0.2, 0) is 11.8 Å². The Bertz CT molecular complexity index is 1700. The number of nitrogens with one attached hydrogen (secondary N) is 1. The van der Waals surface area contributed by atoms with Gasteiger partial charge in [0.25, 0.3) is 5.56 Å². The Kier molecular flexibility index (Phi) is 6.17. The molecule has 5 aromatic rings. The average Bonchev–Trinajstić information content (AvgIpc) is 3.43. The second-order valence-corrected chi connectivity index (χ2v) is 9.79. The zero-order valence-corrected chi connectivity index (χ0v) is 21.5. The van der Waals surface area contributed by atoms with Crippen LogP contribution in [0.4, 0.5) is 0 Å². The minimum Gasteiger partial charge on any atom is -0.492 e. The molecule has 0 saturated carbocycles. The fraction of sp³-hybridized carbons (Fsp3) is 0.233. The predicted octanol–water partition coefficient (Wildman–Crippen LogP) is 3.90. The lowest BCUT2D eigenvalue weighted by Crippen LogP contribution is -2.49. The number of fused-ring (bicyclic) bond motifs is 2. The van der Waals surface area contributed by atoms with Crippen LogP contribution in [0.1, 0.15) is 0 Å². The van der Waals surface area contributed by atoms with Gasteiger partial charge in [-0.2, -0.15) is 0 Å². The number of carbonyl (C=O) groups is 1. The Morgan fingerprint density at radius 1 is 0.947 bits per heavy atom. The Hall–Kier alpha value is -4.43. The number of piperazine rings is 1. The number of hydrogen-bond donors (Lipinski definition) is 1. The molecule has 0 aliphatic carbocycles. The number of likely N-dealkylation sites (N-methyl/N-ethyl adjacent to an activating group) is 1. The first kappa shape index (κ1) is 23.9. The quantitative estimate of drug-likeness (QED) is 0.377. The topological polar surface area (TPSA) is 83.5 Å². The second kappa shape index (κ2) is 9.79. The number of benzene rings is 2. The highest BCUT2D eigenvalue weighted by Crippen LogP contribution is 2.30. The maximum atomic E-state index is 12.4. The van der Waals surface area contributed by atoms with Crippen LogP contribution in [0.5, 0.6) is 5.75 Å². The molecule has 0 spiro atoms. The van der Waals surface area contributed by atoms with E-state index in [1.165, 1.54) is 0 Å². The summed E-state index contributed by atoms with van der Waals surface area (Å²) in [6, 6.07) is 20.2. The molecule has 3 aromatic heterocycles. The molecule has 2 aromatic carbocycles. The first-order valence-corrected chi connectivity index (χ1v) is 12.7. The molecule has 0 atom stereocenters. The Balaban J connectivity index is 1.16. The van der Waals surface area contributed by atoms with Crippen LogP contribution in [0.15, 0.2) is 77.9 Å². The number of H-pyrrole nitrogens is 1. The molecule has 8 heteroatoms. The molecule has 192 valence electrons. The van der Waals surface area contributed by atoms with Gasteiger partial charge in [-0.25, -0.2) is 4.98 Å². The molecular weight excluding hydrogens is 478 g/mol. The maximum Gasteiger partial charge on any atom is 0.274 e. The lowest BCUT2D eigenvalue weighted by molar-refractivity contribution is -0.134. The number of hydrogen-bond acceptors (Lipinski definition) is 5. The number of aryl methyl sites for hydroxylation is 1. The Morgan fingerprint density at radius 2 is 1.76 bits per heavy atom. The number of rotatable bonds is 6. The predicted molar refractivity (Wildman–Crippen MR) is 149 cm³/mol. The standard InChI is InChI=1S/C30H29N5O3/c1-33-13-14-35(19-28(33)36)15-16-38-23-7-3-20(4-8-23)26-10-6-22-17-21(5-9-27(22)32-26)25-18-34(2)30(37)29-24(25)11-12-31-29/h3-12,17-18,31H,13-16,19H2,1-2H3. The Morgan fingerprint density at radius 3 is 2.58 bits per heavy atom. The van der Waals surface area contributed by atoms with Crippen molar-refractivity contribution < 1.29 is 9.53 Å². The van der Waals surface area contributed by atoms with Crippen molar-refractivity contribution in [2.45, 2.75) is 0 Å². The van der Waals surface area contributed by atoms with Gasteiger partial charge in [-0.1, -0.05) is 12.1 Å². The van der Waals surface area contributed by atoms with E-state index in [9.17, 15) is 9.59 Å². The molecule has 6 rings (SSSR count). The minimum atomic E-state index is -0.0382. The van der Waals surface area contributed by atoms with Crippen LogP contribution in [0.3, 0.4) is 0 Å². The second-order valence-electron chi connectivity index (χ2n) is 9.79. The van der Waals surface area contributed by atoms with E-state index in [1.54, 1.807) is 22.7 Å². The van der Waals surface area contributed by atoms with E-state index in [2.05, 4.69) is 28.1 Å². The third-order valence-electron chi connectivity index (χ3n) is 7.26. The molecule has 1 aliphatic heterocycles. The van der Waals surface area contributed by atoms with Gasteiger partial charge in [-0.15, -0.1) is 0 Å². The van der Waals surface area contributed by atoms with Crippen molar-refractivity contribution >= 4 is 27.7 Å². The van der Waals surface area contributed by atoms with E-state index >= 15 is 0 Å². The van der Waals surface area contributed by atoms with E-state index in [1.807, 2.05) is 55.7 Å². The number of ether oxygens (including phenoxy) is 1. The summed E-state index contributed by atoms with van der Waals surface area (Å²) in [6.07, 6.45) is 3.69. The van der Waals surface area contributed by atoms with Gasteiger partial charge < -0.3 is 19.2 Å². The first-order chi connectivity index (χ1) is 18.5. The van der Waals surface area contributed by atoms with Crippen LogP contribution < -0.4 is 10.3 Å². The van der Waals surface area contributed by atoms with Gasteiger partial charge in [0.2, 0.25) is 5.91 Å². The van der Waals surface area contributed by atoms with Gasteiger partial charge in [-0.3, -0.25) is 14.5 Å². The molecule has 1 fully saturated rings. The molecule has 4 heterocycles. The number of aromatic nitrogens is 3. The molecule has 1 N–H and O–H groups in total. The van der Waals surface area contributed by atoms with Crippen molar-refractivity contribution in [1.29, 1.82) is 0 Å². The van der Waals surface area contributed by atoms with Gasteiger partial charge >= 0.3 is 0 Å². The van der Waals surface area contributed by atoms with Gasteiger partial charge in [-0.05, 0) is 54.1 Å². The molecule has 8 nitrogen and oxygen atoms in total. The van der Waals surface area contributed by atoms with Crippen LogP contribution in [-0.4, -0.2) is 70.1 Å². The highest BCUT2D eigenvalue weighted by molar-refractivity contribution is 5.97. The summed E-state index contributed by atoms with van der Waals surface area (Å²) in [5.41, 5.74) is 5.43. The van der Waals surface area contributed by atoms with Crippen molar-refractivity contribution in [3.63, 3.8) is 0 Å². The highest BCUT2D eigenvalue weighted by atomic mass is 16.5. The summed E-state index contributed by atoms with van der Waals surface area (Å²) in [6.45, 7) is 3.36. The third kappa shape index (κ3) is 4.54. The zero-order chi connectivity index (χ0) is 26.2. The molecule has 0 unspecified atom stereocenters. The summed E-state index contributed by atoms with van der Waals surface area (Å²) in [4.78, 5) is 36.1. The summed E-state index contributed by atoms with van der Waals surface area (Å²) < 4.78 is 7.53. The number of aromatic amines is 1. The van der Waals surface area contributed by atoms with E-state index < -0.39 is 0 Å². The number of nitrogens with zero attached hydrogens (tertiary/aromatic N) is 4. The van der Waals surface area contributed by atoms with Crippen molar-refractivity contribution in [2.75, 3.05) is 39.8 Å². The monoisotopic (exact) mass is 507 g/mol. The number of amides is 1. The van der Waals surface area contributed by atoms with Crippen LogP contribution in [0.25, 0.3) is 44.2 Å². The SMILES string of the molecule is CN1CCN(CCOc2ccc(-c3ccc4cc(-c5cn(C)c(=O)c6[nH]ccc56)ccc4n3)cc2)CC1=O. The minimum absolute atomic E-state index is 0.0382. The van der Waals surface area contributed by atoms with E-state index in [4.69, 9.17) is 9.72 Å². The smallest absolute Gasteiger partial charge is 0.274 e. The van der Waals surface area contributed by atoms with Crippen molar-refractivity contribution in [1.82, 2.24) is 24.3 Å². The molecular formula is C30H29N5O3. The van der Waals surface area contributed by atoms with Gasteiger partial charge in [0, 0.05) is 68.0 Å². The molecule has 1 aliphatic rings. The summed E-state index contributed by atoms with van der Waals surface area (Å²) in [5.74, 6) is 0.956. The zero-order valence-electron chi connectivity index (χ0n) is 21.5. The number of pyridine rings is 2. The van der Waals surface area contributed by atoms with Crippen LogP contribution in [0.2, 0.25) is 0 Å². The summed E-state index contributed by atoms with van der Waals surface area (Å²) >= 11 is 0. The fourth-order valence-electron chi connectivity index (χ4n) is 4.97. The van der Waals surface area contributed by atoms with Crippen molar-refractivity contribution in [3.8, 4) is 28.1 Å². The highest BCUT2D eigenvalue weighted by Gasteiger charge is 2.20. The number of carbonyl (C=O) groups excluding carboxylic acids is 1. The van der Waals surface area contributed by atoms with Gasteiger partial charge in [0.05, 0.1) is 17.8 Å². The largest absolute Gasteiger partial charge is 0.492 e. The van der Waals surface area contributed by atoms with Crippen molar-refractivity contribution in [2.24, 2.45) is 7.05 Å². The summed E-state index contributed by atoms with van der Waals surface area (Å²) in [5, 5.41) is 1.95. The molecule has 38 heavy (non-hydrogen) atoms. The van der Waals surface area contributed by atoms with Gasteiger partial charge in [0.1, 0.15) is 17.9 Å². The van der Waals surface area contributed by atoms with E-state index in [-0.39, 0.29) is 11.5 Å². The van der Waals surface area contributed by atoms with Gasteiger partial charge in [0.15, 0.2) is 0 Å². The molecule has 1 amide bonds. The fourth-order valence-corrected chi connectivity index (χ4v) is 4.97. The average molecular weight is 508 g/mol. The van der Waals surface area contributed by atoms with E-state index in [0.29, 0.717) is 18.7 Å². The maximum absolute atomic E-state index is 12.4. The third-order valence-corrected chi connectivity index (χ3v) is 7.26. The lowest BCUT2D eigenvalue weighted by atomic mass is 10.0. The van der Waals surface area contributed by atoms with Crippen LogP contribution >= 0.6 is 0 Å². The van der Waals surface area contributed by atoms with Crippen LogP contribution in [0, 0.1) is 0 Å². The first-order valence-electron chi connectivity index (χ1n) is 12.7. The molecule has 1 saturated heterocycles. The molecule has 0 radical (unpaired) electrons.